The molecule has 0 amide bonds. The van der Waals surface area contributed by atoms with Gasteiger partial charge in [-0.1, -0.05) is 30.0 Å². The summed E-state index contributed by atoms with van der Waals surface area (Å²) in [5, 5.41) is 17.8. The van der Waals surface area contributed by atoms with E-state index >= 15 is 0 Å². The second kappa shape index (κ2) is 8.53. The Morgan fingerprint density at radius 1 is 0.848 bits per heavy atom. The van der Waals surface area contributed by atoms with Crippen LogP contribution in [-0.4, -0.2) is 25.1 Å². The summed E-state index contributed by atoms with van der Waals surface area (Å²) in [6, 6.07) is 22.2. The third kappa shape index (κ3) is 4.23. The zero-order chi connectivity index (χ0) is 22.0. The molecule has 3 N–H and O–H groups in total. The lowest BCUT2D eigenvalue weighted by Gasteiger charge is -2.10. The smallest absolute Gasteiger partial charge is 0.229 e. The van der Waals surface area contributed by atoms with Crippen LogP contribution >= 0.6 is 23.1 Å². The van der Waals surface area contributed by atoms with Crippen molar-refractivity contribution < 1.29 is 0 Å². The maximum absolute atomic E-state index is 4.74. The molecular formula is C24H17N7S2. The molecule has 6 aromatic rings. The molecule has 0 spiro atoms. The molecule has 0 aliphatic heterocycles. The minimum atomic E-state index is 0.512. The summed E-state index contributed by atoms with van der Waals surface area (Å²) >= 11 is 3.23. The van der Waals surface area contributed by atoms with E-state index < -0.39 is 0 Å². The first-order valence-electron chi connectivity index (χ1n) is 10.2. The standard InChI is InChI=1S/C24H17N7S2/c1-2-4-18(5-3-1)33-21-9-7-17(14-25-21)28-24-29-20-10-11-32-22(20)23(30-24)27-16-6-8-19-15(12-16)13-26-31-19/h1-14H,(H,26,31)(H2,27,28,29,30). The fraction of sp³-hybridized carbons (Fsp3) is 0. The molecule has 0 saturated carbocycles. The molecule has 9 heteroatoms. The molecule has 0 bridgehead atoms. The number of hydrogen-bond donors (Lipinski definition) is 3. The molecule has 0 atom stereocenters. The van der Waals surface area contributed by atoms with Crippen LogP contribution in [0.3, 0.4) is 0 Å². The van der Waals surface area contributed by atoms with Crippen molar-refractivity contribution >= 4 is 67.4 Å². The van der Waals surface area contributed by atoms with E-state index in [1.807, 2.05) is 60.0 Å². The van der Waals surface area contributed by atoms with Crippen molar-refractivity contribution in [2.45, 2.75) is 9.92 Å². The highest BCUT2D eigenvalue weighted by atomic mass is 32.2. The monoisotopic (exact) mass is 467 g/mol. The predicted octanol–water partition coefficient (Wildman–Crippen LogP) is 6.60. The van der Waals surface area contributed by atoms with Crippen molar-refractivity contribution in [3.05, 3.63) is 84.5 Å². The van der Waals surface area contributed by atoms with Gasteiger partial charge in [-0.15, -0.1) is 11.3 Å². The van der Waals surface area contributed by atoms with Crippen LogP contribution in [-0.2, 0) is 0 Å². The largest absolute Gasteiger partial charge is 0.339 e. The molecule has 0 fully saturated rings. The number of thiophene rings is 1. The maximum Gasteiger partial charge on any atom is 0.229 e. The summed E-state index contributed by atoms with van der Waals surface area (Å²) in [6.07, 6.45) is 3.60. The Balaban J connectivity index is 1.25. The first-order valence-corrected chi connectivity index (χ1v) is 11.9. The molecule has 0 saturated heterocycles. The van der Waals surface area contributed by atoms with Gasteiger partial charge >= 0.3 is 0 Å². The Morgan fingerprint density at radius 2 is 1.76 bits per heavy atom. The van der Waals surface area contributed by atoms with Crippen LogP contribution in [0.4, 0.5) is 23.1 Å². The summed E-state index contributed by atoms with van der Waals surface area (Å²) in [5.74, 6) is 1.27. The molecule has 7 nitrogen and oxygen atoms in total. The third-order valence-corrected chi connectivity index (χ3v) is 6.83. The van der Waals surface area contributed by atoms with Gasteiger partial charge in [-0.25, -0.2) is 9.97 Å². The number of rotatable bonds is 6. The minimum Gasteiger partial charge on any atom is -0.339 e. The number of anilines is 4. The van der Waals surface area contributed by atoms with Crippen molar-refractivity contribution in [3.63, 3.8) is 0 Å². The van der Waals surface area contributed by atoms with Crippen molar-refractivity contribution in [2.24, 2.45) is 0 Å². The SMILES string of the molecule is c1ccc(Sc2ccc(Nc3nc(Nc4ccc5[nH]ncc5c4)c4sccc4n3)cn2)cc1. The van der Waals surface area contributed by atoms with E-state index in [0.29, 0.717) is 5.95 Å². The number of fused-ring (bicyclic) bond motifs is 2. The minimum absolute atomic E-state index is 0.512. The van der Waals surface area contributed by atoms with Gasteiger partial charge in [0.2, 0.25) is 5.95 Å². The quantitative estimate of drug-likeness (QED) is 0.254. The van der Waals surface area contributed by atoms with Crippen molar-refractivity contribution in [1.29, 1.82) is 0 Å². The Labute approximate surface area is 197 Å². The molecule has 2 aromatic carbocycles. The van der Waals surface area contributed by atoms with E-state index in [2.05, 4.69) is 42.9 Å². The lowest BCUT2D eigenvalue weighted by Crippen LogP contribution is -2.01. The first-order chi connectivity index (χ1) is 16.3. The number of aromatic amines is 1. The van der Waals surface area contributed by atoms with Gasteiger partial charge in [-0.2, -0.15) is 10.1 Å². The van der Waals surface area contributed by atoms with Gasteiger partial charge in [-0.05, 0) is 53.9 Å². The van der Waals surface area contributed by atoms with Crippen LogP contribution in [0.1, 0.15) is 0 Å². The number of pyridine rings is 1. The van der Waals surface area contributed by atoms with Crippen LogP contribution in [0.5, 0.6) is 0 Å². The third-order valence-electron chi connectivity index (χ3n) is 4.96. The summed E-state index contributed by atoms with van der Waals surface area (Å²) < 4.78 is 1.00. The number of hydrogen-bond acceptors (Lipinski definition) is 8. The van der Waals surface area contributed by atoms with E-state index in [-0.39, 0.29) is 0 Å². The van der Waals surface area contributed by atoms with Gasteiger partial charge < -0.3 is 10.6 Å². The molecule has 6 rings (SSSR count). The highest BCUT2D eigenvalue weighted by Crippen LogP contribution is 2.31. The Hall–Kier alpha value is -3.95. The molecular weight excluding hydrogens is 450 g/mol. The van der Waals surface area contributed by atoms with Gasteiger partial charge in [-0.3, -0.25) is 5.10 Å². The number of benzene rings is 2. The summed E-state index contributed by atoms with van der Waals surface area (Å²) in [6.45, 7) is 0. The normalized spacial score (nSPS) is 11.2. The zero-order valence-corrected chi connectivity index (χ0v) is 18.8. The van der Waals surface area contributed by atoms with Crippen LogP contribution in [0.2, 0.25) is 0 Å². The van der Waals surface area contributed by atoms with E-state index in [4.69, 9.17) is 4.98 Å². The van der Waals surface area contributed by atoms with Crippen molar-refractivity contribution in [1.82, 2.24) is 25.1 Å². The molecule has 0 radical (unpaired) electrons. The van der Waals surface area contributed by atoms with Gasteiger partial charge in [0.1, 0.15) is 5.03 Å². The fourth-order valence-corrected chi connectivity index (χ4v) is 4.97. The van der Waals surface area contributed by atoms with Crippen LogP contribution < -0.4 is 10.6 Å². The van der Waals surface area contributed by atoms with Gasteiger partial charge in [0.25, 0.3) is 0 Å². The highest BCUT2D eigenvalue weighted by molar-refractivity contribution is 7.99. The Kier molecular flexibility index (Phi) is 5.10. The lowest BCUT2D eigenvalue weighted by molar-refractivity contribution is 1.12. The molecule has 4 heterocycles. The Morgan fingerprint density at radius 3 is 2.64 bits per heavy atom. The number of H-pyrrole nitrogens is 1. The number of nitrogens with one attached hydrogen (secondary N) is 3. The molecule has 160 valence electrons. The first kappa shape index (κ1) is 19.7. The topological polar surface area (TPSA) is 91.4 Å². The number of nitrogens with zero attached hydrogens (tertiary/aromatic N) is 4. The summed E-state index contributed by atoms with van der Waals surface area (Å²) in [5.41, 5.74) is 3.64. The van der Waals surface area contributed by atoms with Gasteiger partial charge in [0.15, 0.2) is 5.82 Å². The summed E-state index contributed by atoms with van der Waals surface area (Å²) in [7, 11) is 0. The van der Waals surface area contributed by atoms with E-state index in [1.54, 1.807) is 35.5 Å². The van der Waals surface area contributed by atoms with Gasteiger partial charge in [0.05, 0.1) is 33.8 Å². The van der Waals surface area contributed by atoms with E-state index in [9.17, 15) is 0 Å². The lowest BCUT2D eigenvalue weighted by atomic mass is 10.2. The zero-order valence-electron chi connectivity index (χ0n) is 17.2. The Bertz CT molecular complexity index is 1540. The van der Waals surface area contributed by atoms with E-state index in [1.165, 1.54) is 0 Å². The molecule has 0 aliphatic carbocycles. The van der Waals surface area contributed by atoms with Crippen LogP contribution in [0, 0.1) is 0 Å². The highest BCUT2D eigenvalue weighted by Gasteiger charge is 2.11. The second-order valence-corrected chi connectivity index (χ2v) is 9.26. The average molecular weight is 468 g/mol. The predicted molar refractivity (Wildman–Crippen MR) is 135 cm³/mol. The molecule has 0 aliphatic rings. The van der Waals surface area contributed by atoms with Crippen molar-refractivity contribution in [2.75, 3.05) is 10.6 Å². The summed E-state index contributed by atoms with van der Waals surface area (Å²) in [4.78, 5) is 15.1. The molecule has 33 heavy (non-hydrogen) atoms. The molecule has 0 unspecified atom stereocenters. The fourth-order valence-electron chi connectivity index (χ4n) is 3.41. The van der Waals surface area contributed by atoms with Gasteiger partial charge in [0, 0.05) is 16.0 Å². The van der Waals surface area contributed by atoms with E-state index in [0.717, 1.165) is 48.2 Å². The van der Waals surface area contributed by atoms with Crippen molar-refractivity contribution in [3.8, 4) is 0 Å². The van der Waals surface area contributed by atoms with Crippen LogP contribution in [0.25, 0.3) is 21.1 Å². The second-order valence-electron chi connectivity index (χ2n) is 7.25. The average Bonchev–Trinajstić information content (AvgIpc) is 3.50. The maximum atomic E-state index is 4.74. The number of aromatic nitrogens is 5. The van der Waals surface area contributed by atoms with Crippen LogP contribution in [0.15, 0.2) is 94.4 Å². The molecule has 4 aromatic heterocycles.